The maximum absolute atomic E-state index is 12.1. The van der Waals surface area contributed by atoms with Gasteiger partial charge in [0.25, 0.3) is 0 Å². The molecule has 1 aromatic carbocycles. The molecule has 2 unspecified atom stereocenters. The molecule has 2 atom stereocenters. The molecule has 2 heterocycles. The van der Waals surface area contributed by atoms with Gasteiger partial charge in [0.2, 0.25) is 5.91 Å². The van der Waals surface area contributed by atoms with Crippen LogP contribution in [0.4, 0.5) is 5.69 Å². The third-order valence-corrected chi connectivity index (χ3v) is 7.62. The number of carbonyl (C=O) groups is 1. The number of amidine groups is 1. The second-order valence-electron chi connectivity index (χ2n) is 6.35. The number of aliphatic imine (C=N–C) groups is 1. The van der Waals surface area contributed by atoms with Crippen LogP contribution in [0, 0.1) is 6.92 Å². The molecular weight excluding hydrogens is 344 g/mol. The van der Waals surface area contributed by atoms with E-state index >= 15 is 0 Å². The monoisotopic (exact) mass is 366 g/mol. The molecule has 1 aromatic rings. The average molecular weight is 367 g/mol. The molecule has 0 radical (unpaired) electrons. The predicted octanol–water partition coefficient (Wildman–Crippen LogP) is 2.79. The van der Waals surface area contributed by atoms with Crippen LogP contribution in [-0.2, 0) is 14.6 Å². The number of thioether (sulfide) groups is 1. The number of carbonyl (C=O) groups excluding carboxylic acids is 1. The van der Waals surface area contributed by atoms with Crippen molar-refractivity contribution in [2.75, 3.05) is 16.4 Å². The molecule has 2 saturated heterocycles. The SMILES string of the molecule is CCCCC(=O)N=C1SC2CS(=O)(=O)CC2N1c1ccccc1C. The van der Waals surface area contributed by atoms with Crippen molar-refractivity contribution in [3.05, 3.63) is 29.8 Å². The van der Waals surface area contributed by atoms with Gasteiger partial charge in [0, 0.05) is 17.4 Å². The fourth-order valence-electron chi connectivity index (χ4n) is 3.17. The first-order valence-electron chi connectivity index (χ1n) is 8.25. The molecule has 2 aliphatic heterocycles. The van der Waals surface area contributed by atoms with Gasteiger partial charge in [-0.25, -0.2) is 8.42 Å². The minimum atomic E-state index is -3.03. The summed E-state index contributed by atoms with van der Waals surface area (Å²) >= 11 is 1.43. The summed E-state index contributed by atoms with van der Waals surface area (Å²) in [5.74, 6) is 0.161. The van der Waals surface area contributed by atoms with Crippen molar-refractivity contribution in [1.29, 1.82) is 0 Å². The van der Waals surface area contributed by atoms with Gasteiger partial charge in [-0.15, -0.1) is 0 Å². The molecule has 0 spiro atoms. The lowest BCUT2D eigenvalue weighted by Gasteiger charge is -2.26. The van der Waals surface area contributed by atoms with Gasteiger partial charge in [0.1, 0.15) is 0 Å². The molecule has 2 aliphatic rings. The second-order valence-corrected chi connectivity index (χ2v) is 9.71. The van der Waals surface area contributed by atoms with E-state index in [1.807, 2.05) is 43.0 Å². The number of nitrogens with zero attached hydrogens (tertiary/aromatic N) is 2. The highest BCUT2D eigenvalue weighted by molar-refractivity contribution is 8.16. The summed E-state index contributed by atoms with van der Waals surface area (Å²) < 4.78 is 24.1. The van der Waals surface area contributed by atoms with Crippen LogP contribution < -0.4 is 4.90 Å². The smallest absolute Gasteiger partial charge is 0.248 e. The van der Waals surface area contributed by atoms with Crippen molar-refractivity contribution >= 4 is 38.4 Å². The number of aryl methyl sites for hydroxylation is 1. The number of unbranched alkanes of at least 4 members (excludes halogenated alkanes) is 1. The highest BCUT2D eigenvalue weighted by atomic mass is 32.2. The Kier molecular flexibility index (Phi) is 5.01. The second kappa shape index (κ2) is 6.88. The quantitative estimate of drug-likeness (QED) is 0.820. The molecule has 2 fully saturated rings. The maximum Gasteiger partial charge on any atom is 0.248 e. The Morgan fingerprint density at radius 3 is 2.79 bits per heavy atom. The number of fused-ring (bicyclic) bond motifs is 1. The Bertz CT molecular complexity index is 774. The van der Waals surface area contributed by atoms with Gasteiger partial charge in [-0.1, -0.05) is 43.3 Å². The van der Waals surface area contributed by atoms with Gasteiger partial charge in [-0.05, 0) is 25.0 Å². The third kappa shape index (κ3) is 3.52. The first-order chi connectivity index (χ1) is 11.4. The molecule has 0 aromatic heterocycles. The maximum atomic E-state index is 12.1. The topological polar surface area (TPSA) is 66.8 Å². The van der Waals surface area contributed by atoms with Crippen molar-refractivity contribution in [3.8, 4) is 0 Å². The number of anilines is 1. The summed E-state index contributed by atoms with van der Waals surface area (Å²) in [5, 5.41) is 0.600. The van der Waals surface area contributed by atoms with E-state index in [2.05, 4.69) is 4.99 Å². The zero-order valence-electron chi connectivity index (χ0n) is 13.9. The predicted molar refractivity (Wildman–Crippen MR) is 99.4 cm³/mol. The number of amides is 1. The van der Waals surface area contributed by atoms with Gasteiger partial charge >= 0.3 is 0 Å². The minimum absolute atomic E-state index is 0.0488. The zero-order chi connectivity index (χ0) is 17.3. The van der Waals surface area contributed by atoms with Crippen molar-refractivity contribution < 1.29 is 13.2 Å². The highest BCUT2D eigenvalue weighted by Gasteiger charge is 2.49. The first-order valence-corrected chi connectivity index (χ1v) is 10.9. The molecule has 0 N–H and O–H groups in total. The van der Waals surface area contributed by atoms with Crippen molar-refractivity contribution in [2.45, 2.75) is 44.4 Å². The van der Waals surface area contributed by atoms with E-state index < -0.39 is 9.84 Å². The molecular formula is C17H22N2O3S2. The Morgan fingerprint density at radius 2 is 2.08 bits per heavy atom. The number of hydrogen-bond donors (Lipinski definition) is 0. The molecule has 24 heavy (non-hydrogen) atoms. The van der Waals surface area contributed by atoms with E-state index in [0.29, 0.717) is 11.6 Å². The minimum Gasteiger partial charge on any atom is -0.315 e. The van der Waals surface area contributed by atoms with Crippen LogP contribution >= 0.6 is 11.8 Å². The van der Waals surface area contributed by atoms with Gasteiger partial charge in [-0.2, -0.15) is 4.99 Å². The van der Waals surface area contributed by atoms with E-state index in [1.165, 1.54) is 11.8 Å². The van der Waals surface area contributed by atoms with E-state index in [4.69, 9.17) is 0 Å². The number of benzene rings is 1. The Hall–Kier alpha value is -1.34. The number of para-hydroxylation sites is 1. The molecule has 5 nitrogen and oxygen atoms in total. The third-order valence-electron chi connectivity index (χ3n) is 4.41. The summed E-state index contributed by atoms with van der Waals surface area (Å²) in [7, 11) is -3.03. The van der Waals surface area contributed by atoms with Crippen molar-refractivity contribution in [2.24, 2.45) is 4.99 Å². The Labute approximate surface area is 147 Å². The lowest BCUT2D eigenvalue weighted by molar-refractivity contribution is -0.117. The standard InChI is InChI=1S/C17H22N2O3S2/c1-3-4-9-16(20)18-17-19(13-8-6-5-7-12(13)2)14-10-24(21,22)11-15(14)23-17/h5-8,14-15H,3-4,9-11H2,1-2H3. The first kappa shape index (κ1) is 17.5. The Morgan fingerprint density at radius 1 is 1.33 bits per heavy atom. The van der Waals surface area contributed by atoms with E-state index in [-0.39, 0.29) is 28.7 Å². The number of hydrogen-bond acceptors (Lipinski definition) is 4. The van der Waals surface area contributed by atoms with E-state index in [0.717, 1.165) is 24.1 Å². The van der Waals surface area contributed by atoms with Gasteiger partial charge < -0.3 is 4.90 Å². The van der Waals surface area contributed by atoms with E-state index in [9.17, 15) is 13.2 Å². The van der Waals surface area contributed by atoms with Crippen LogP contribution in [0.15, 0.2) is 29.3 Å². The van der Waals surface area contributed by atoms with Gasteiger partial charge in [0.15, 0.2) is 15.0 Å². The van der Waals surface area contributed by atoms with Crippen molar-refractivity contribution in [1.82, 2.24) is 0 Å². The Balaban J connectivity index is 1.96. The van der Waals surface area contributed by atoms with Crippen molar-refractivity contribution in [3.63, 3.8) is 0 Å². The summed E-state index contributed by atoms with van der Waals surface area (Å²) in [5.41, 5.74) is 1.99. The van der Waals surface area contributed by atoms with Gasteiger partial charge in [0.05, 0.1) is 17.5 Å². The number of rotatable bonds is 4. The molecule has 0 saturated carbocycles. The van der Waals surface area contributed by atoms with Crippen LogP contribution in [0.25, 0.3) is 0 Å². The van der Waals surface area contributed by atoms with Crippen LogP contribution in [0.3, 0.4) is 0 Å². The van der Waals surface area contributed by atoms with E-state index in [1.54, 1.807) is 0 Å². The zero-order valence-corrected chi connectivity index (χ0v) is 15.6. The summed E-state index contributed by atoms with van der Waals surface area (Å²) in [6.07, 6.45) is 2.22. The summed E-state index contributed by atoms with van der Waals surface area (Å²) in [6.45, 7) is 4.03. The molecule has 7 heteroatoms. The largest absolute Gasteiger partial charge is 0.315 e. The lowest BCUT2D eigenvalue weighted by Crippen LogP contribution is -2.38. The lowest BCUT2D eigenvalue weighted by atomic mass is 10.1. The molecule has 130 valence electrons. The normalized spacial score (nSPS) is 26.8. The highest BCUT2D eigenvalue weighted by Crippen LogP contribution is 2.41. The van der Waals surface area contributed by atoms with Crippen LogP contribution in [0.2, 0.25) is 0 Å². The average Bonchev–Trinajstić information content (AvgIpc) is 2.97. The molecule has 1 amide bonds. The summed E-state index contributed by atoms with van der Waals surface area (Å²) in [6, 6.07) is 7.70. The molecule has 0 aliphatic carbocycles. The fraction of sp³-hybridized carbons (Fsp3) is 0.529. The van der Waals surface area contributed by atoms with Crippen LogP contribution in [0.1, 0.15) is 31.7 Å². The molecule has 0 bridgehead atoms. The van der Waals surface area contributed by atoms with Gasteiger partial charge in [-0.3, -0.25) is 4.79 Å². The molecule has 3 rings (SSSR count). The summed E-state index contributed by atoms with van der Waals surface area (Å²) in [4.78, 5) is 18.4. The fourth-order valence-corrected chi connectivity index (χ4v) is 7.09. The van der Waals surface area contributed by atoms with Crippen LogP contribution in [0.5, 0.6) is 0 Å². The number of sulfone groups is 1. The van der Waals surface area contributed by atoms with Crippen LogP contribution in [-0.4, -0.2) is 42.3 Å².